The summed E-state index contributed by atoms with van der Waals surface area (Å²) in [6.45, 7) is 6.23. The predicted octanol–water partition coefficient (Wildman–Crippen LogP) is 2.86. The van der Waals surface area contributed by atoms with E-state index in [1.54, 1.807) is 18.2 Å². The molecule has 5 N–H and O–H groups in total. The number of anilines is 3. The highest BCUT2D eigenvalue weighted by atomic mass is 32.1. The minimum atomic E-state index is -0.265. The largest absolute Gasteiger partial charge is 0.399 e. The number of rotatable bonds is 2. The molecule has 0 saturated carbocycles. The van der Waals surface area contributed by atoms with E-state index in [9.17, 15) is 4.79 Å². The zero-order valence-electron chi connectivity index (χ0n) is 11.7. The topological polar surface area (TPSA) is 94.0 Å². The number of nitrogens with two attached hydrogens (primary N) is 2. The number of carbonyl (C=O) groups is 1. The van der Waals surface area contributed by atoms with Gasteiger partial charge in [-0.1, -0.05) is 20.8 Å². The van der Waals surface area contributed by atoms with Crippen molar-refractivity contribution in [1.82, 2.24) is 4.98 Å². The van der Waals surface area contributed by atoms with Gasteiger partial charge in [0, 0.05) is 27.7 Å². The first-order chi connectivity index (χ1) is 9.25. The Kier molecular flexibility index (Phi) is 3.67. The monoisotopic (exact) mass is 290 g/mol. The smallest absolute Gasteiger partial charge is 0.257 e. The predicted molar refractivity (Wildman–Crippen MR) is 84.0 cm³/mol. The molecule has 1 aromatic heterocycles. The van der Waals surface area contributed by atoms with Gasteiger partial charge in [-0.3, -0.25) is 10.1 Å². The van der Waals surface area contributed by atoms with Crippen molar-refractivity contribution >= 4 is 33.8 Å². The van der Waals surface area contributed by atoms with Crippen LogP contribution in [0, 0.1) is 0 Å². The van der Waals surface area contributed by atoms with Gasteiger partial charge in [-0.15, -0.1) is 11.3 Å². The average molecular weight is 290 g/mol. The molecule has 2 rings (SSSR count). The third-order valence-electron chi connectivity index (χ3n) is 2.73. The molecule has 0 saturated heterocycles. The Balaban J connectivity index is 2.17. The minimum Gasteiger partial charge on any atom is -0.399 e. The van der Waals surface area contributed by atoms with Crippen molar-refractivity contribution in [1.29, 1.82) is 0 Å². The van der Waals surface area contributed by atoms with Gasteiger partial charge in [0.15, 0.2) is 5.13 Å². The third-order valence-corrected chi connectivity index (χ3v) is 3.49. The Hall–Kier alpha value is -2.08. The van der Waals surface area contributed by atoms with Crippen LogP contribution in [0.15, 0.2) is 23.6 Å². The number of nitrogen functional groups attached to an aromatic ring is 2. The van der Waals surface area contributed by atoms with E-state index in [4.69, 9.17) is 11.5 Å². The Bertz CT molecular complexity index is 623. The molecule has 20 heavy (non-hydrogen) atoms. The number of nitrogens with zero attached hydrogens (tertiary/aromatic N) is 1. The summed E-state index contributed by atoms with van der Waals surface area (Å²) in [7, 11) is 0. The summed E-state index contributed by atoms with van der Waals surface area (Å²) in [5.41, 5.74) is 13.6. The maximum atomic E-state index is 12.1. The summed E-state index contributed by atoms with van der Waals surface area (Å²) in [5.74, 6) is -0.265. The van der Waals surface area contributed by atoms with Crippen LogP contribution in [0.1, 0.15) is 36.8 Å². The van der Waals surface area contributed by atoms with Gasteiger partial charge in [0.1, 0.15) is 0 Å². The Morgan fingerprint density at radius 3 is 2.30 bits per heavy atom. The fourth-order valence-electron chi connectivity index (χ4n) is 1.65. The lowest BCUT2D eigenvalue weighted by Gasteiger charge is -2.14. The molecular weight excluding hydrogens is 272 g/mol. The molecule has 1 heterocycles. The number of carbonyl (C=O) groups excluding carboxylic acids is 1. The quantitative estimate of drug-likeness (QED) is 0.741. The van der Waals surface area contributed by atoms with Gasteiger partial charge in [0.25, 0.3) is 5.91 Å². The van der Waals surface area contributed by atoms with E-state index < -0.39 is 0 Å². The van der Waals surface area contributed by atoms with Crippen molar-refractivity contribution in [3.63, 3.8) is 0 Å². The van der Waals surface area contributed by atoms with Gasteiger partial charge in [-0.2, -0.15) is 0 Å². The Labute approximate surface area is 122 Å². The number of amides is 1. The maximum Gasteiger partial charge on any atom is 0.257 e. The van der Waals surface area contributed by atoms with Crippen LogP contribution in [0.4, 0.5) is 16.5 Å². The first kappa shape index (κ1) is 14.3. The number of thiazole rings is 1. The Morgan fingerprint density at radius 1 is 1.20 bits per heavy atom. The van der Waals surface area contributed by atoms with Crippen LogP contribution in [0.25, 0.3) is 0 Å². The van der Waals surface area contributed by atoms with Crippen LogP contribution < -0.4 is 16.8 Å². The van der Waals surface area contributed by atoms with E-state index >= 15 is 0 Å². The molecular formula is C14H18N4OS. The highest BCUT2D eigenvalue weighted by Gasteiger charge is 2.18. The lowest BCUT2D eigenvalue weighted by molar-refractivity contribution is 0.102. The first-order valence-electron chi connectivity index (χ1n) is 6.19. The highest BCUT2D eigenvalue weighted by Crippen LogP contribution is 2.26. The van der Waals surface area contributed by atoms with Gasteiger partial charge < -0.3 is 11.5 Å². The number of nitrogens with one attached hydrogen (secondary N) is 1. The molecule has 106 valence electrons. The number of benzene rings is 1. The average Bonchev–Trinajstić information content (AvgIpc) is 2.75. The van der Waals surface area contributed by atoms with Crippen LogP contribution in [0.3, 0.4) is 0 Å². The van der Waals surface area contributed by atoms with Gasteiger partial charge in [-0.05, 0) is 18.2 Å². The second kappa shape index (κ2) is 5.13. The summed E-state index contributed by atoms with van der Waals surface area (Å²) in [4.78, 5) is 16.5. The molecule has 0 aliphatic heterocycles. The molecule has 0 fully saturated rings. The van der Waals surface area contributed by atoms with E-state index in [0.717, 1.165) is 5.69 Å². The summed E-state index contributed by atoms with van der Waals surface area (Å²) in [6.07, 6.45) is 0. The van der Waals surface area contributed by atoms with E-state index in [1.165, 1.54) is 11.3 Å². The van der Waals surface area contributed by atoms with Gasteiger partial charge in [0.2, 0.25) is 0 Å². The van der Waals surface area contributed by atoms with Crippen molar-refractivity contribution in [2.24, 2.45) is 0 Å². The first-order valence-corrected chi connectivity index (χ1v) is 7.07. The molecule has 5 nitrogen and oxygen atoms in total. The second-order valence-corrected chi connectivity index (χ2v) is 6.49. The SMILES string of the molecule is CC(C)(C)c1csc(NC(=O)c2cc(N)cc(N)c2)n1. The van der Waals surface area contributed by atoms with E-state index in [-0.39, 0.29) is 11.3 Å². The number of hydrogen-bond donors (Lipinski definition) is 3. The van der Waals surface area contributed by atoms with Crippen LogP contribution in [-0.4, -0.2) is 10.9 Å². The third kappa shape index (κ3) is 3.27. The van der Waals surface area contributed by atoms with Gasteiger partial charge in [-0.25, -0.2) is 4.98 Å². The summed E-state index contributed by atoms with van der Waals surface area (Å²) < 4.78 is 0. The molecule has 0 atom stereocenters. The molecule has 2 aromatic rings. The van der Waals surface area contributed by atoms with Crippen LogP contribution in [0.2, 0.25) is 0 Å². The second-order valence-electron chi connectivity index (χ2n) is 5.63. The van der Waals surface area contributed by atoms with Crippen molar-refractivity contribution < 1.29 is 4.79 Å². The van der Waals surface area contributed by atoms with Crippen molar-refractivity contribution in [2.75, 3.05) is 16.8 Å². The van der Waals surface area contributed by atoms with Crippen LogP contribution in [0.5, 0.6) is 0 Å². The molecule has 0 unspecified atom stereocenters. The molecule has 0 aliphatic rings. The highest BCUT2D eigenvalue weighted by molar-refractivity contribution is 7.14. The van der Waals surface area contributed by atoms with Crippen molar-refractivity contribution in [3.8, 4) is 0 Å². The van der Waals surface area contributed by atoms with E-state index in [1.807, 2.05) is 5.38 Å². The maximum absolute atomic E-state index is 12.1. The number of aromatic nitrogens is 1. The normalized spacial score (nSPS) is 11.3. The number of hydrogen-bond acceptors (Lipinski definition) is 5. The van der Waals surface area contributed by atoms with Crippen LogP contribution in [-0.2, 0) is 5.41 Å². The van der Waals surface area contributed by atoms with Crippen LogP contribution >= 0.6 is 11.3 Å². The molecule has 1 amide bonds. The molecule has 0 bridgehead atoms. The summed E-state index contributed by atoms with van der Waals surface area (Å²) in [5, 5.41) is 5.28. The van der Waals surface area contributed by atoms with Crippen molar-refractivity contribution in [2.45, 2.75) is 26.2 Å². The summed E-state index contributed by atoms with van der Waals surface area (Å²) >= 11 is 1.40. The molecule has 6 heteroatoms. The molecule has 0 radical (unpaired) electrons. The van der Waals surface area contributed by atoms with E-state index in [0.29, 0.717) is 22.1 Å². The fourth-order valence-corrected chi connectivity index (χ4v) is 2.58. The molecule has 0 aliphatic carbocycles. The van der Waals surface area contributed by atoms with Gasteiger partial charge >= 0.3 is 0 Å². The standard InChI is InChI=1S/C14H18N4OS/c1-14(2,3)11-7-20-13(17-11)18-12(19)8-4-9(15)6-10(16)5-8/h4-7H,15-16H2,1-3H3,(H,17,18,19). The minimum absolute atomic E-state index is 0.0406. The zero-order chi connectivity index (χ0) is 14.9. The lowest BCUT2D eigenvalue weighted by atomic mass is 9.93. The summed E-state index contributed by atoms with van der Waals surface area (Å²) in [6, 6.07) is 4.78. The van der Waals surface area contributed by atoms with E-state index in [2.05, 4.69) is 31.1 Å². The van der Waals surface area contributed by atoms with Gasteiger partial charge in [0.05, 0.1) is 5.69 Å². The Morgan fingerprint density at radius 2 is 1.80 bits per heavy atom. The zero-order valence-corrected chi connectivity index (χ0v) is 12.5. The molecule has 0 spiro atoms. The van der Waals surface area contributed by atoms with Crippen molar-refractivity contribution in [3.05, 3.63) is 34.8 Å². The molecule has 1 aromatic carbocycles. The fraction of sp³-hybridized carbons (Fsp3) is 0.286. The lowest BCUT2D eigenvalue weighted by Crippen LogP contribution is -2.14.